The topological polar surface area (TPSA) is 78.4 Å². The Morgan fingerprint density at radius 1 is 1.32 bits per heavy atom. The third-order valence-corrected chi connectivity index (χ3v) is 3.80. The van der Waals surface area contributed by atoms with Crippen LogP contribution in [-0.2, 0) is 9.59 Å². The number of carbonyl (C=O) groups is 2. The molecule has 8 heteroatoms. The number of aliphatic hydroxyl groups excluding tert-OH is 1. The third kappa shape index (κ3) is 4.27. The van der Waals surface area contributed by atoms with Crippen molar-refractivity contribution in [2.75, 3.05) is 11.9 Å². The number of amides is 2. The zero-order valence-electron chi connectivity index (χ0n) is 11.2. The highest BCUT2D eigenvalue weighted by atomic mass is 35.5. The second-order valence-electron chi connectivity index (χ2n) is 4.36. The van der Waals surface area contributed by atoms with Gasteiger partial charge in [0.1, 0.15) is 5.82 Å². The lowest BCUT2D eigenvalue weighted by molar-refractivity contribution is -0.136. The Balaban J connectivity index is 1.89. The lowest BCUT2D eigenvalue weighted by Gasteiger charge is -2.11. The maximum absolute atomic E-state index is 13.1. The molecule has 2 aromatic rings. The van der Waals surface area contributed by atoms with Crippen molar-refractivity contribution in [3.05, 3.63) is 51.4 Å². The van der Waals surface area contributed by atoms with Gasteiger partial charge in [0.15, 0.2) is 0 Å². The van der Waals surface area contributed by atoms with Crippen molar-refractivity contribution in [1.29, 1.82) is 0 Å². The van der Waals surface area contributed by atoms with E-state index in [1.54, 1.807) is 16.8 Å². The Labute approximate surface area is 134 Å². The molecule has 0 aliphatic rings. The number of carbonyl (C=O) groups excluding carboxylic acids is 2. The van der Waals surface area contributed by atoms with Crippen LogP contribution in [0, 0.1) is 5.82 Å². The van der Waals surface area contributed by atoms with Crippen molar-refractivity contribution < 1.29 is 19.1 Å². The van der Waals surface area contributed by atoms with E-state index >= 15 is 0 Å². The summed E-state index contributed by atoms with van der Waals surface area (Å²) in [5.74, 6) is -2.53. The first kappa shape index (κ1) is 16.4. The number of benzene rings is 1. The molecule has 116 valence electrons. The van der Waals surface area contributed by atoms with Gasteiger partial charge in [-0.15, -0.1) is 0 Å². The summed E-state index contributed by atoms with van der Waals surface area (Å²) in [5.41, 5.74) is 0.652. The van der Waals surface area contributed by atoms with Crippen LogP contribution < -0.4 is 10.6 Å². The normalized spacial score (nSPS) is 11.8. The maximum atomic E-state index is 13.1. The number of aliphatic hydroxyl groups is 1. The van der Waals surface area contributed by atoms with Gasteiger partial charge in [-0.1, -0.05) is 11.6 Å². The van der Waals surface area contributed by atoms with Gasteiger partial charge >= 0.3 is 11.8 Å². The standard InChI is InChI=1S/C14H12ClFN2O3S/c15-10-2-1-9(16)5-11(10)18-14(21)13(20)17-6-12(19)8-3-4-22-7-8/h1-5,7,12,19H,6H2,(H,17,20)(H,18,21). The highest BCUT2D eigenvalue weighted by Crippen LogP contribution is 2.22. The number of hydrogen-bond donors (Lipinski definition) is 3. The van der Waals surface area contributed by atoms with Crippen LogP contribution in [-0.4, -0.2) is 23.5 Å². The minimum atomic E-state index is -0.995. The lowest BCUT2D eigenvalue weighted by atomic mass is 10.2. The fraction of sp³-hybridized carbons (Fsp3) is 0.143. The SMILES string of the molecule is O=C(NCC(O)c1ccsc1)C(=O)Nc1cc(F)ccc1Cl. The molecule has 0 fully saturated rings. The van der Waals surface area contributed by atoms with Gasteiger partial charge in [-0.05, 0) is 40.6 Å². The monoisotopic (exact) mass is 342 g/mol. The number of nitrogens with one attached hydrogen (secondary N) is 2. The quantitative estimate of drug-likeness (QED) is 0.746. The molecular formula is C14H12ClFN2O3S. The second-order valence-corrected chi connectivity index (χ2v) is 5.55. The van der Waals surface area contributed by atoms with Crippen LogP contribution in [0.1, 0.15) is 11.7 Å². The first-order valence-corrected chi connectivity index (χ1v) is 7.54. The van der Waals surface area contributed by atoms with Gasteiger partial charge in [0.2, 0.25) is 0 Å². The highest BCUT2D eigenvalue weighted by molar-refractivity contribution is 7.07. The van der Waals surface area contributed by atoms with E-state index in [1.807, 2.05) is 0 Å². The van der Waals surface area contributed by atoms with E-state index in [0.29, 0.717) is 5.56 Å². The van der Waals surface area contributed by atoms with Gasteiger partial charge in [-0.2, -0.15) is 11.3 Å². The van der Waals surface area contributed by atoms with Gasteiger partial charge in [0.25, 0.3) is 0 Å². The third-order valence-electron chi connectivity index (χ3n) is 2.77. The van der Waals surface area contributed by atoms with Crippen LogP contribution in [0.25, 0.3) is 0 Å². The number of thiophene rings is 1. The van der Waals surface area contributed by atoms with Gasteiger partial charge in [-0.25, -0.2) is 4.39 Å². The van der Waals surface area contributed by atoms with Crippen LogP contribution in [0.5, 0.6) is 0 Å². The first-order chi connectivity index (χ1) is 10.5. The summed E-state index contributed by atoms with van der Waals surface area (Å²) in [7, 11) is 0. The molecular weight excluding hydrogens is 331 g/mol. The van der Waals surface area contributed by atoms with Crippen molar-refractivity contribution in [1.82, 2.24) is 5.32 Å². The maximum Gasteiger partial charge on any atom is 0.313 e. The van der Waals surface area contributed by atoms with E-state index < -0.39 is 23.7 Å². The van der Waals surface area contributed by atoms with Crippen LogP contribution in [0.2, 0.25) is 5.02 Å². The number of anilines is 1. The van der Waals surface area contributed by atoms with Crippen LogP contribution in [0.4, 0.5) is 10.1 Å². The summed E-state index contributed by atoms with van der Waals surface area (Å²) >= 11 is 7.20. The molecule has 1 aromatic heterocycles. The second kappa shape index (κ2) is 7.35. The number of halogens is 2. The molecule has 0 saturated heterocycles. The van der Waals surface area contributed by atoms with E-state index in [1.165, 1.54) is 17.4 Å². The Morgan fingerprint density at radius 3 is 2.77 bits per heavy atom. The smallest absolute Gasteiger partial charge is 0.313 e. The summed E-state index contributed by atoms with van der Waals surface area (Å²) < 4.78 is 13.1. The molecule has 1 aromatic carbocycles. The van der Waals surface area contributed by atoms with Crippen molar-refractivity contribution in [2.24, 2.45) is 0 Å². The molecule has 0 spiro atoms. The average Bonchev–Trinajstić information content (AvgIpc) is 3.02. The van der Waals surface area contributed by atoms with Gasteiger partial charge in [-0.3, -0.25) is 9.59 Å². The summed E-state index contributed by atoms with van der Waals surface area (Å²) in [6, 6.07) is 5.13. The van der Waals surface area contributed by atoms with Crippen molar-refractivity contribution >= 4 is 40.4 Å². The fourth-order valence-corrected chi connectivity index (χ4v) is 2.50. The molecule has 5 nitrogen and oxygen atoms in total. The van der Waals surface area contributed by atoms with E-state index in [9.17, 15) is 19.1 Å². The van der Waals surface area contributed by atoms with E-state index in [2.05, 4.69) is 10.6 Å². The molecule has 1 atom stereocenters. The molecule has 0 aliphatic heterocycles. The van der Waals surface area contributed by atoms with Crippen molar-refractivity contribution in [3.63, 3.8) is 0 Å². The molecule has 3 N–H and O–H groups in total. The minimum absolute atomic E-state index is 0.000185. The largest absolute Gasteiger partial charge is 0.387 e. The van der Waals surface area contributed by atoms with Gasteiger partial charge in [0.05, 0.1) is 16.8 Å². The number of hydrogen-bond acceptors (Lipinski definition) is 4. The van der Waals surface area contributed by atoms with E-state index in [-0.39, 0.29) is 17.3 Å². The molecule has 1 heterocycles. The van der Waals surface area contributed by atoms with Gasteiger partial charge in [0, 0.05) is 6.54 Å². The fourth-order valence-electron chi connectivity index (χ4n) is 1.62. The zero-order valence-corrected chi connectivity index (χ0v) is 12.7. The highest BCUT2D eigenvalue weighted by Gasteiger charge is 2.17. The molecule has 0 saturated carbocycles. The summed E-state index contributed by atoms with van der Waals surface area (Å²) in [6.07, 6.45) is -0.902. The van der Waals surface area contributed by atoms with Crippen molar-refractivity contribution in [3.8, 4) is 0 Å². The predicted molar refractivity (Wildman–Crippen MR) is 82.3 cm³/mol. The summed E-state index contributed by atoms with van der Waals surface area (Å²) in [4.78, 5) is 23.3. The Hall–Kier alpha value is -1.96. The molecule has 1 unspecified atom stereocenters. The number of rotatable bonds is 4. The summed E-state index contributed by atoms with van der Waals surface area (Å²) in [5, 5.41) is 17.9. The van der Waals surface area contributed by atoms with Crippen LogP contribution in [0.3, 0.4) is 0 Å². The summed E-state index contributed by atoms with van der Waals surface area (Å²) in [6.45, 7) is -0.111. The molecule has 2 amide bonds. The Bertz CT molecular complexity index is 679. The predicted octanol–water partition coefficient (Wildman–Crippen LogP) is 2.33. The van der Waals surface area contributed by atoms with Crippen molar-refractivity contribution in [2.45, 2.75) is 6.10 Å². The minimum Gasteiger partial charge on any atom is -0.387 e. The molecule has 0 aliphatic carbocycles. The van der Waals surface area contributed by atoms with Crippen LogP contribution >= 0.6 is 22.9 Å². The molecule has 22 heavy (non-hydrogen) atoms. The molecule has 0 radical (unpaired) electrons. The average molecular weight is 343 g/mol. The van der Waals surface area contributed by atoms with E-state index in [0.717, 1.165) is 12.1 Å². The zero-order chi connectivity index (χ0) is 16.1. The van der Waals surface area contributed by atoms with Crippen LogP contribution in [0.15, 0.2) is 35.0 Å². The van der Waals surface area contributed by atoms with Gasteiger partial charge < -0.3 is 15.7 Å². The molecule has 2 rings (SSSR count). The first-order valence-electron chi connectivity index (χ1n) is 6.22. The van der Waals surface area contributed by atoms with E-state index in [4.69, 9.17) is 11.6 Å². The molecule has 0 bridgehead atoms. The Kier molecular flexibility index (Phi) is 5.48. The Morgan fingerprint density at radius 2 is 2.09 bits per heavy atom. The lowest BCUT2D eigenvalue weighted by Crippen LogP contribution is -2.37.